The number of rotatable bonds is 12. The first-order valence-electron chi connectivity index (χ1n) is 13.3. The summed E-state index contributed by atoms with van der Waals surface area (Å²) in [5, 5.41) is 0. The zero-order valence-corrected chi connectivity index (χ0v) is 24.0. The van der Waals surface area contributed by atoms with Crippen molar-refractivity contribution in [3.8, 4) is 0 Å². The van der Waals surface area contributed by atoms with Crippen LogP contribution in [-0.2, 0) is 44.8 Å². The van der Waals surface area contributed by atoms with Crippen molar-refractivity contribution >= 4 is 29.7 Å². The highest BCUT2D eigenvalue weighted by atomic mass is 16.6. The lowest BCUT2D eigenvalue weighted by Gasteiger charge is -2.34. The molecule has 1 aliphatic rings. The minimum absolute atomic E-state index is 0.0667. The number of likely N-dealkylation sites (tertiary alicyclic amines) is 1. The monoisotopic (exact) mass is 562 g/mol. The summed E-state index contributed by atoms with van der Waals surface area (Å²) in [4.78, 5) is 66.4. The number of likely N-dealkylation sites (N-methyl/N-ethyl adjacent to an activating group) is 1. The molecule has 40 heavy (non-hydrogen) atoms. The highest BCUT2D eigenvalue weighted by Gasteiger charge is 2.47. The van der Waals surface area contributed by atoms with Crippen LogP contribution in [0.25, 0.3) is 0 Å². The van der Waals surface area contributed by atoms with Crippen molar-refractivity contribution in [3.63, 3.8) is 0 Å². The Bertz CT molecular complexity index is 1060. The summed E-state index contributed by atoms with van der Waals surface area (Å²) in [6, 6.07) is 7.41. The Balaban J connectivity index is 2.06. The number of hydrogen-bond acceptors (Lipinski definition) is 10. The van der Waals surface area contributed by atoms with E-state index in [2.05, 4.69) is 0 Å². The number of carbonyl (C=O) groups is 5. The molecule has 2 rings (SSSR count). The van der Waals surface area contributed by atoms with Gasteiger partial charge in [-0.3, -0.25) is 14.4 Å². The molecule has 1 fully saturated rings. The highest BCUT2D eigenvalue weighted by molar-refractivity contribution is 6.08. The van der Waals surface area contributed by atoms with Gasteiger partial charge >= 0.3 is 17.9 Å². The fourth-order valence-electron chi connectivity index (χ4n) is 4.37. The molecule has 0 bridgehead atoms. The predicted octanol–water partition coefficient (Wildman–Crippen LogP) is 0.889. The van der Waals surface area contributed by atoms with Crippen molar-refractivity contribution < 1.29 is 38.2 Å². The minimum atomic E-state index is -2.14. The van der Waals surface area contributed by atoms with Crippen molar-refractivity contribution in [2.75, 3.05) is 27.2 Å². The number of methoxy groups -OCH3 is 1. The first-order chi connectivity index (χ1) is 18.7. The third-order valence-corrected chi connectivity index (χ3v) is 6.52. The van der Waals surface area contributed by atoms with E-state index < -0.39 is 59.5 Å². The van der Waals surface area contributed by atoms with E-state index in [9.17, 15) is 24.0 Å². The molecule has 4 N–H and O–H groups in total. The molecule has 222 valence electrons. The van der Waals surface area contributed by atoms with Gasteiger partial charge in [-0.25, -0.2) is 9.59 Å². The smallest absolute Gasteiger partial charge is 0.336 e. The van der Waals surface area contributed by atoms with Gasteiger partial charge in [0.25, 0.3) is 5.91 Å². The lowest BCUT2D eigenvalue weighted by atomic mass is 9.90. The fourth-order valence-corrected chi connectivity index (χ4v) is 4.37. The second-order valence-corrected chi connectivity index (χ2v) is 11.0. The van der Waals surface area contributed by atoms with Crippen LogP contribution in [0.3, 0.4) is 0 Å². The second kappa shape index (κ2) is 14.2. The Morgan fingerprint density at radius 1 is 1.12 bits per heavy atom. The van der Waals surface area contributed by atoms with Gasteiger partial charge in [-0.2, -0.15) is 0 Å². The van der Waals surface area contributed by atoms with Crippen LogP contribution in [-0.4, -0.2) is 90.0 Å². The van der Waals surface area contributed by atoms with Crippen LogP contribution in [0.1, 0.15) is 58.4 Å². The van der Waals surface area contributed by atoms with Crippen LogP contribution >= 0.6 is 0 Å². The molecule has 0 spiro atoms. The fraction of sp³-hybridized carbons (Fsp3) is 0.607. The standard InChI is InChI=1S/C28H42N4O8/c1-27(2,3)40-26(37)28(30,15-9-13-20(29)23(34)39-18-19-11-7-6-8-12-19)25(36)31(4)17-22(33)32-16-10-14-21(32)24(35)38-5/h6-8,11-12,20-21H,9-10,13-18,29-30H2,1-5H3/t20?,21-,28-/m0/s1. The van der Waals surface area contributed by atoms with Crippen LogP contribution in [0.15, 0.2) is 30.3 Å². The number of esters is 3. The van der Waals surface area contributed by atoms with E-state index in [1.54, 1.807) is 20.8 Å². The zero-order valence-electron chi connectivity index (χ0n) is 24.0. The summed E-state index contributed by atoms with van der Waals surface area (Å²) in [5.74, 6) is -3.41. The van der Waals surface area contributed by atoms with Crippen molar-refractivity contribution in [1.29, 1.82) is 0 Å². The van der Waals surface area contributed by atoms with Crippen molar-refractivity contribution in [2.24, 2.45) is 11.5 Å². The second-order valence-electron chi connectivity index (χ2n) is 11.0. The van der Waals surface area contributed by atoms with E-state index in [1.807, 2.05) is 30.3 Å². The number of amides is 2. The van der Waals surface area contributed by atoms with Crippen LogP contribution in [0.5, 0.6) is 0 Å². The van der Waals surface area contributed by atoms with Gasteiger partial charge < -0.3 is 35.5 Å². The molecule has 12 heteroatoms. The van der Waals surface area contributed by atoms with Crippen LogP contribution < -0.4 is 11.5 Å². The summed E-state index contributed by atoms with van der Waals surface area (Å²) < 4.78 is 15.5. The highest BCUT2D eigenvalue weighted by Crippen LogP contribution is 2.23. The molecule has 3 atom stereocenters. The topological polar surface area (TPSA) is 172 Å². The maximum absolute atomic E-state index is 13.5. The molecule has 0 saturated carbocycles. The molecule has 1 aromatic rings. The van der Waals surface area contributed by atoms with Gasteiger partial charge in [-0.15, -0.1) is 0 Å². The number of carbonyl (C=O) groups excluding carboxylic acids is 5. The van der Waals surface area contributed by atoms with E-state index >= 15 is 0 Å². The average molecular weight is 563 g/mol. The first kappa shape index (κ1) is 32.7. The molecule has 0 radical (unpaired) electrons. The van der Waals surface area contributed by atoms with Crippen molar-refractivity contribution in [1.82, 2.24) is 9.80 Å². The molecule has 0 aliphatic carbocycles. The number of hydrogen-bond donors (Lipinski definition) is 2. The quantitative estimate of drug-likeness (QED) is 0.212. The van der Waals surface area contributed by atoms with Gasteiger partial charge in [-0.05, 0) is 58.4 Å². The SMILES string of the molecule is COC(=O)[C@@H]1CCCN1C(=O)CN(C)C(=O)[C@@](N)(CCCC(N)C(=O)OCc1ccccc1)C(=O)OC(C)(C)C. The molecule has 1 heterocycles. The van der Waals surface area contributed by atoms with Crippen LogP contribution in [0.4, 0.5) is 0 Å². The van der Waals surface area contributed by atoms with Crippen molar-refractivity contribution in [3.05, 3.63) is 35.9 Å². The van der Waals surface area contributed by atoms with Gasteiger partial charge in [0.1, 0.15) is 24.3 Å². The summed E-state index contributed by atoms with van der Waals surface area (Å²) in [7, 11) is 2.60. The molecule has 1 unspecified atom stereocenters. The minimum Gasteiger partial charge on any atom is -0.467 e. The molecule has 1 aromatic carbocycles. The van der Waals surface area contributed by atoms with E-state index in [1.165, 1.54) is 19.1 Å². The lowest BCUT2D eigenvalue weighted by Crippen LogP contribution is -2.62. The summed E-state index contributed by atoms with van der Waals surface area (Å²) >= 11 is 0. The molecular formula is C28H42N4O8. The zero-order chi connectivity index (χ0) is 30.1. The Morgan fingerprint density at radius 2 is 1.77 bits per heavy atom. The van der Waals surface area contributed by atoms with E-state index in [0.29, 0.717) is 19.4 Å². The van der Waals surface area contributed by atoms with Gasteiger partial charge in [0.15, 0.2) is 5.54 Å². The molecule has 0 aromatic heterocycles. The van der Waals surface area contributed by atoms with E-state index in [-0.39, 0.29) is 25.9 Å². The van der Waals surface area contributed by atoms with Crippen LogP contribution in [0.2, 0.25) is 0 Å². The number of nitrogens with zero attached hydrogens (tertiary/aromatic N) is 2. The summed E-state index contributed by atoms with van der Waals surface area (Å²) in [5.41, 5.74) is 10.1. The first-order valence-corrected chi connectivity index (χ1v) is 13.3. The van der Waals surface area contributed by atoms with E-state index in [0.717, 1.165) is 10.5 Å². The molecular weight excluding hydrogens is 520 g/mol. The number of benzene rings is 1. The Hall–Kier alpha value is -3.51. The predicted molar refractivity (Wildman–Crippen MR) is 145 cm³/mol. The maximum Gasteiger partial charge on any atom is 0.336 e. The maximum atomic E-state index is 13.5. The van der Waals surface area contributed by atoms with Gasteiger partial charge in [-0.1, -0.05) is 30.3 Å². The Labute approximate surface area is 235 Å². The van der Waals surface area contributed by atoms with Crippen LogP contribution in [0, 0.1) is 0 Å². The molecule has 1 saturated heterocycles. The average Bonchev–Trinajstić information content (AvgIpc) is 3.40. The summed E-state index contributed by atoms with van der Waals surface area (Å²) in [6.07, 6.45) is 1.12. The summed E-state index contributed by atoms with van der Waals surface area (Å²) in [6.45, 7) is 4.93. The Morgan fingerprint density at radius 3 is 2.38 bits per heavy atom. The van der Waals surface area contributed by atoms with E-state index in [4.69, 9.17) is 25.7 Å². The number of nitrogens with two attached hydrogens (primary N) is 2. The lowest BCUT2D eigenvalue weighted by molar-refractivity contribution is -0.167. The third-order valence-electron chi connectivity index (χ3n) is 6.52. The van der Waals surface area contributed by atoms with Gasteiger partial charge in [0.05, 0.1) is 13.7 Å². The Kier molecular flexibility index (Phi) is 11.6. The third kappa shape index (κ3) is 9.02. The van der Waals surface area contributed by atoms with Gasteiger partial charge in [0, 0.05) is 13.6 Å². The number of ether oxygens (including phenoxy) is 3. The molecule has 12 nitrogen and oxygen atoms in total. The van der Waals surface area contributed by atoms with Gasteiger partial charge in [0.2, 0.25) is 5.91 Å². The molecule has 1 aliphatic heterocycles. The molecule has 2 amide bonds. The largest absolute Gasteiger partial charge is 0.467 e. The van der Waals surface area contributed by atoms with Crippen molar-refractivity contribution in [2.45, 2.75) is 82.7 Å². The normalized spacial score (nSPS) is 17.4.